The van der Waals surface area contributed by atoms with Crippen LogP contribution in [0.1, 0.15) is 18.4 Å². The molecule has 1 aliphatic carbocycles. The predicted molar refractivity (Wildman–Crippen MR) is 101 cm³/mol. The highest BCUT2D eigenvalue weighted by molar-refractivity contribution is 7.92. The first kappa shape index (κ1) is 19.5. The van der Waals surface area contributed by atoms with Crippen molar-refractivity contribution in [2.45, 2.75) is 18.9 Å². The Kier molecular flexibility index (Phi) is 6.25. The maximum absolute atomic E-state index is 12.4. The number of hydrogen-bond acceptors (Lipinski definition) is 4. The molecule has 0 unspecified atom stereocenters. The first-order valence-corrected chi connectivity index (χ1v) is 10.6. The summed E-state index contributed by atoms with van der Waals surface area (Å²) in [6.45, 7) is 1.90. The SMILES string of the molecule is O=C(C[NH+]1CCN(S(=O)(=O)/C=C/c2ccccc2)CC1)NC(=O)NC1CC1. The normalized spacial score (nSPS) is 19.1. The third kappa shape index (κ3) is 6.16. The van der Waals surface area contributed by atoms with Crippen LogP contribution in [0.25, 0.3) is 6.08 Å². The zero-order valence-corrected chi connectivity index (χ0v) is 15.9. The van der Waals surface area contributed by atoms with Crippen LogP contribution in [0.4, 0.5) is 4.79 Å². The quantitative estimate of drug-likeness (QED) is 0.588. The van der Waals surface area contributed by atoms with Gasteiger partial charge in [0.1, 0.15) is 0 Å². The monoisotopic (exact) mass is 393 g/mol. The fourth-order valence-electron chi connectivity index (χ4n) is 2.90. The number of quaternary nitrogens is 1. The lowest BCUT2D eigenvalue weighted by Crippen LogP contribution is -3.15. The molecular weight excluding hydrogens is 368 g/mol. The Bertz CT molecular complexity index is 798. The molecule has 1 saturated heterocycles. The van der Waals surface area contributed by atoms with Crippen LogP contribution in [0.15, 0.2) is 35.7 Å². The molecule has 3 N–H and O–H groups in total. The van der Waals surface area contributed by atoms with Crippen LogP contribution in [0.3, 0.4) is 0 Å². The van der Waals surface area contributed by atoms with E-state index in [0.29, 0.717) is 26.2 Å². The molecule has 1 aliphatic heterocycles. The average molecular weight is 393 g/mol. The number of nitrogens with one attached hydrogen (secondary N) is 3. The van der Waals surface area contributed by atoms with Crippen molar-refractivity contribution in [1.82, 2.24) is 14.9 Å². The Labute approximate surface area is 159 Å². The zero-order chi connectivity index (χ0) is 19.3. The van der Waals surface area contributed by atoms with E-state index in [0.717, 1.165) is 23.3 Å². The number of carbonyl (C=O) groups excluding carboxylic acids is 2. The molecule has 27 heavy (non-hydrogen) atoms. The standard InChI is InChI=1S/C18H24N4O4S/c23-17(20-18(24)19-16-6-7-16)14-21-9-11-22(12-10-21)27(25,26)13-8-15-4-2-1-3-5-15/h1-5,8,13,16H,6-7,9-12,14H2,(H2,19,20,23,24)/p+1/b13-8+. The van der Waals surface area contributed by atoms with Crippen LogP contribution >= 0.6 is 0 Å². The van der Waals surface area contributed by atoms with Gasteiger partial charge in [0, 0.05) is 11.4 Å². The molecule has 0 radical (unpaired) electrons. The molecule has 0 bridgehead atoms. The summed E-state index contributed by atoms with van der Waals surface area (Å²) in [5.41, 5.74) is 0.825. The largest absolute Gasteiger partial charge is 0.335 e. The van der Waals surface area contributed by atoms with Crippen molar-refractivity contribution in [3.63, 3.8) is 0 Å². The number of nitrogens with zero attached hydrogens (tertiary/aromatic N) is 1. The fourth-order valence-corrected chi connectivity index (χ4v) is 4.09. The number of benzene rings is 1. The lowest BCUT2D eigenvalue weighted by Gasteiger charge is -2.30. The van der Waals surface area contributed by atoms with Gasteiger partial charge in [0.15, 0.2) is 6.54 Å². The number of sulfonamides is 1. The smallest absolute Gasteiger partial charge is 0.321 e. The van der Waals surface area contributed by atoms with Gasteiger partial charge >= 0.3 is 6.03 Å². The van der Waals surface area contributed by atoms with Crippen molar-refractivity contribution >= 4 is 28.0 Å². The van der Waals surface area contributed by atoms with Gasteiger partial charge in [-0.2, -0.15) is 4.31 Å². The van der Waals surface area contributed by atoms with Crippen LogP contribution in [-0.2, 0) is 14.8 Å². The van der Waals surface area contributed by atoms with Crippen LogP contribution in [-0.4, -0.2) is 63.4 Å². The van der Waals surface area contributed by atoms with Crippen LogP contribution in [0, 0.1) is 0 Å². The third-order valence-electron chi connectivity index (χ3n) is 4.60. The second-order valence-electron chi connectivity index (χ2n) is 6.88. The Morgan fingerprint density at radius 3 is 2.44 bits per heavy atom. The van der Waals surface area contributed by atoms with Gasteiger partial charge in [-0.15, -0.1) is 0 Å². The zero-order valence-electron chi connectivity index (χ0n) is 15.1. The van der Waals surface area contributed by atoms with Gasteiger partial charge in [-0.05, 0) is 24.5 Å². The summed E-state index contributed by atoms with van der Waals surface area (Å²) in [6.07, 6.45) is 3.50. The lowest BCUT2D eigenvalue weighted by atomic mass is 10.2. The summed E-state index contributed by atoms with van der Waals surface area (Å²) in [4.78, 5) is 24.5. The van der Waals surface area contributed by atoms with Gasteiger partial charge in [0.2, 0.25) is 10.0 Å². The van der Waals surface area contributed by atoms with Crippen LogP contribution in [0.5, 0.6) is 0 Å². The maximum atomic E-state index is 12.4. The summed E-state index contributed by atoms with van der Waals surface area (Å²) < 4.78 is 26.3. The maximum Gasteiger partial charge on any atom is 0.321 e. The molecule has 9 heteroatoms. The molecular formula is C18H25N4O4S+. The number of piperazine rings is 1. The molecule has 1 saturated carbocycles. The van der Waals surface area contributed by atoms with E-state index in [4.69, 9.17) is 0 Å². The van der Waals surface area contributed by atoms with Gasteiger partial charge in [-0.1, -0.05) is 30.3 Å². The first-order valence-electron chi connectivity index (χ1n) is 9.09. The van der Waals surface area contributed by atoms with E-state index >= 15 is 0 Å². The second kappa shape index (κ2) is 8.64. The topological polar surface area (TPSA) is 100 Å². The van der Waals surface area contributed by atoms with Gasteiger partial charge in [-0.25, -0.2) is 13.2 Å². The highest BCUT2D eigenvalue weighted by Crippen LogP contribution is 2.18. The van der Waals surface area contributed by atoms with Crippen molar-refractivity contribution in [3.05, 3.63) is 41.3 Å². The second-order valence-corrected chi connectivity index (χ2v) is 8.70. The van der Waals surface area contributed by atoms with Crippen molar-refractivity contribution in [2.24, 2.45) is 0 Å². The average Bonchev–Trinajstić information content (AvgIpc) is 3.45. The van der Waals surface area contributed by atoms with E-state index < -0.39 is 16.1 Å². The van der Waals surface area contributed by atoms with E-state index in [1.54, 1.807) is 6.08 Å². The summed E-state index contributed by atoms with van der Waals surface area (Å²) in [5.74, 6) is -0.344. The number of urea groups is 1. The molecule has 8 nitrogen and oxygen atoms in total. The lowest BCUT2D eigenvalue weighted by molar-refractivity contribution is -0.895. The summed E-state index contributed by atoms with van der Waals surface area (Å²) in [7, 11) is -3.48. The molecule has 0 atom stereocenters. The minimum absolute atomic E-state index is 0.159. The number of rotatable bonds is 6. The number of amides is 3. The highest BCUT2D eigenvalue weighted by atomic mass is 32.2. The molecule has 0 aromatic heterocycles. The Balaban J connectivity index is 1.44. The number of hydrogen-bond donors (Lipinski definition) is 3. The molecule has 2 fully saturated rings. The van der Waals surface area contributed by atoms with Crippen molar-refractivity contribution in [1.29, 1.82) is 0 Å². The fraction of sp³-hybridized carbons (Fsp3) is 0.444. The van der Waals surface area contributed by atoms with Crippen molar-refractivity contribution < 1.29 is 22.9 Å². The van der Waals surface area contributed by atoms with Gasteiger partial charge in [0.05, 0.1) is 26.2 Å². The van der Waals surface area contributed by atoms with Crippen LogP contribution in [0.2, 0.25) is 0 Å². The van der Waals surface area contributed by atoms with Gasteiger partial charge in [-0.3, -0.25) is 10.1 Å². The van der Waals surface area contributed by atoms with Gasteiger partial charge in [0.25, 0.3) is 5.91 Å². The Hall–Kier alpha value is -2.23. The van der Waals surface area contributed by atoms with E-state index in [1.165, 1.54) is 9.71 Å². The van der Waals surface area contributed by atoms with Crippen LogP contribution < -0.4 is 15.5 Å². The molecule has 3 amide bonds. The van der Waals surface area contributed by atoms with E-state index in [2.05, 4.69) is 10.6 Å². The first-order chi connectivity index (χ1) is 12.9. The summed E-state index contributed by atoms with van der Waals surface area (Å²) in [5, 5.41) is 6.25. The van der Waals surface area contributed by atoms with Crippen molar-refractivity contribution in [2.75, 3.05) is 32.7 Å². The molecule has 1 aromatic carbocycles. The van der Waals surface area contributed by atoms with E-state index in [1.807, 2.05) is 30.3 Å². The summed E-state index contributed by atoms with van der Waals surface area (Å²) >= 11 is 0. The third-order valence-corrected chi connectivity index (χ3v) is 6.16. The predicted octanol–water partition coefficient (Wildman–Crippen LogP) is -0.824. The molecule has 1 heterocycles. The molecule has 3 rings (SSSR count). The highest BCUT2D eigenvalue weighted by Gasteiger charge is 2.29. The van der Waals surface area contributed by atoms with Crippen molar-refractivity contribution in [3.8, 4) is 0 Å². The Morgan fingerprint density at radius 1 is 1.15 bits per heavy atom. The summed E-state index contributed by atoms with van der Waals surface area (Å²) in [6, 6.07) is 9.00. The van der Waals surface area contributed by atoms with E-state index in [9.17, 15) is 18.0 Å². The molecule has 2 aliphatic rings. The number of imide groups is 1. The number of carbonyl (C=O) groups is 2. The Morgan fingerprint density at radius 2 is 1.81 bits per heavy atom. The molecule has 1 aromatic rings. The van der Waals surface area contributed by atoms with E-state index in [-0.39, 0.29) is 18.5 Å². The minimum Gasteiger partial charge on any atom is -0.335 e. The molecule has 146 valence electrons. The molecule has 0 spiro atoms. The van der Waals surface area contributed by atoms with Gasteiger partial charge < -0.3 is 10.2 Å². The minimum atomic E-state index is -3.48.